The van der Waals surface area contributed by atoms with Crippen LogP contribution in [0.25, 0.3) is 0 Å². The molecule has 0 aliphatic carbocycles. The molecule has 1 N–H and O–H groups in total. The standard InChI is InChI=1S/C11H19F2N3/c1-3-5-6-16-10(11(12)13)9(8-15-16)7-14-4-2/h8,11,14H,3-7H2,1-2H3. The van der Waals surface area contributed by atoms with Crippen molar-refractivity contribution in [2.75, 3.05) is 6.54 Å². The van der Waals surface area contributed by atoms with Gasteiger partial charge < -0.3 is 5.32 Å². The molecule has 0 aliphatic heterocycles. The molecule has 0 aliphatic rings. The SMILES string of the molecule is CCCCn1ncc(CNCC)c1C(F)F. The summed E-state index contributed by atoms with van der Waals surface area (Å²) in [7, 11) is 0. The van der Waals surface area contributed by atoms with Crippen LogP contribution in [0.1, 0.15) is 44.4 Å². The van der Waals surface area contributed by atoms with Crippen LogP contribution in [-0.2, 0) is 13.1 Å². The molecule has 0 unspecified atom stereocenters. The number of hydrogen-bond acceptors (Lipinski definition) is 2. The van der Waals surface area contributed by atoms with E-state index < -0.39 is 6.43 Å². The van der Waals surface area contributed by atoms with Gasteiger partial charge in [-0.05, 0) is 13.0 Å². The lowest BCUT2D eigenvalue weighted by molar-refractivity contribution is 0.137. The Morgan fingerprint density at radius 1 is 1.44 bits per heavy atom. The van der Waals surface area contributed by atoms with E-state index in [1.165, 1.54) is 4.68 Å². The van der Waals surface area contributed by atoms with E-state index in [1.807, 2.05) is 13.8 Å². The number of hydrogen-bond donors (Lipinski definition) is 1. The second-order valence-corrected chi connectivity index (χ2v) is 3.71. The van der Waals surface area contributed by atoms with Crippen LogP contribution in [0.4, 0.5) is 8.78 Å². The fourth-order valence-electron chi connectivity index (χ4n) is 1.57. The number of rotatable bonds is 7. The molecule has 1 rings (SSSR count). The third-order valence-corrected chi connectivity index (χ3v) is 2.46. The van der Waals surface area contributed by atoms with Crippen LogP contribution < -0.4 is 5.32 Å². The number of aryl methyl sites for hydroxylation is 1. The Morgan fingerprint density at radius 2 is 2.19 bits per heavy atom. The topological polar surface area (TPSA) is 29.9 Å². The summed E-state index contributed by atoms with van der Waals surface area (Å²) in [5.41, 5.74) is 0.669. The predicted molar refractivity (Wildman–Crippen MR) is 59.5 cm³/mol. The lowest BCUT2D eigenvalue weighted by Crippen LogP contribution is -2.14. The van der Waals surface area contributed by atoms with Gasteiger partial charge in [-0.1, -0.05) is 20.3 Å². The minimum absolute atomic E-state index is 0.0643. The first-order valence-electron chi connectivity index (χ1n) is 5.74. The summed E-state index contributed by atoms with van der Waals surface area (Å²) in [6.07, 6.45) is 0.945. The van der Waals surface area contributed by atoms with E-state index in [-0.39, 0.29) is 5.69 Å². The number of aromatic nitrogens is 2. The maximum atomic E-state index is 12.9. The second-order valence-electron chi connectivity index (χ2n) is 3.71. The van der Waals surface area contributed by atoms with Crippen molar-refractivity contribution < 1.29 is 8.78 Å². The summed E-state index contributed by atoms with van der Waals surface area (Å²) in [5.74, 6) is 0. The van der Waals surface area contributed by atoms with Gasteiger partial charge in [0.2, 0.25) is 0 Å². The van der Waals surface area contributed by atoms with E-state index in [0.29, 0.717) is 18.7 Å². The Morgan fingerprint density at radius 3 is 2.75 bits per heavy atom. The van der Waals surface area contributed by atoms with Crippen molar-refractivity contribution in [1.29, 1.82) is 0 Å². The van der Waals surface area contributed by atoms with Crippen molar-refractivity contribution in [2.45, 2.75) is 46.2 Å². The van der Waals surface area contributed by atoms with E-state index in [4.69, 9.17) is 0 Å². The molecule has 0 bridgehead atoms. The molecule has 16 heavy (non-hydrogen) atoms. The molecule has 0 saturated carbocycles. The van der Waals surface area contributed by atoms with Crippen LogP contribution >= 0.6 is 0 Å². The third kappa shape index (κ3) is 3.27. The second kappa shape index (κ2) is 6.58. The summed E-state index contributed by atoms with van der Waals surface area (Å²) >= 11 is 0. The van der Waals surface area contributed by atoms with E-state index in [1.54, 1.807) is 6.20 Å². The van der Waals surface area contributed by atoms with E-state index in [9.17, 15) is 8.78 Å². The van der Waals surface area contributed by atoms with E-state index >= 15 is 0 Å². The van der Waals surface area contributed by atoms with Crippen molar-refractivity contribution in [3.63, 3.8) is 0 Å². The first-order valence-corrected chi connectivity index (χ1v) is 5.74. The Hall–Kier alpha value is -0.970. The maximum absolute atomic E-state index is 12.9. The van der Waals surface area contributed by atoms with Crippen LogP contribution in [0.15, 0.2) is 6.20 Å². The highest BCUT2D eigenvalue weighted by molar-refractivity contribution is 5.18. The molecule has 0 saturated heterocycles. The first-order chi connectivity index (χ1) is 7.70. The van der Waals surface area contributed by atoms with Crippen molar-refractivity contribution in [2.24, 2.45) is 0 Å². The molecule has 1 aromatic rings. The van der Waals surface area contributed by atoms with Gasteiger partial charge in [0, 0.05) is 18.7 Å². The lowest BCUT2D eigenvalue weighted by atomic mass is 10.2. The average molecular weight is 231 g/mol. The molecule has 0 spiro atoms. The van der Waals surface area contributed by atoms with Gasteiger partial charge in [0.15, 0.2) is 0 Å². The molecule has 0 aromatic carbocycles. The van der Waals surface area contributed by atoms with E-state index in [0.717, 1.165) is 19.4 Å². The molecule has 0 radical (unpaired) electrons. The Bertz CT molecular complexity index is 285. The molecule has 1 aromatic heterocycles. The zero-order valence-corrected chi connectivity index (χ0v) is 9.84. The minimum Gasteiger partial charge on any atom is -0.313 e. The number of nitrogens with one attached hydrogen (secondary N) is 1. The van der Waals surface area contributed by atoms with Crippen molar-refractivity contribution in [1.82, 2.24) is 15.1 Å². The number of nitrogens with zero attached hydrogens (tertiary/aromatic N) is 2. The zero-order valence-electron chi connectivity index (χ0n) is 9.84. The monoisotopic (exact) mass is 231 g/mol. The quantitative estimate of drug-likeness (QED) is 0.782. The highest BCUT2D eigenvalue weighted by Crippen LogP contribution is 2.23. The number of alkyl halides is 2. The molecule has 0 fully saturated rings. The molecule has 0 atom stereocenters. The third-order valence-electron chi connectivity index (χ3n) is 2.46. The molecule has 0 amide bonds. The fraction of sp³-hybridized carbons (Fsp3) is 0.727. The van der Waals surface area contributed by atoms with Gasteiger partial charge in [0.25, 0.3) is 6.43 Å². The largest absolute Gasteiger partial charge is 0.313 e. The predicted octanol–water partition coefficient (Wildman–Crippen LogP) is 2.73. The first kappa shape index (κ1) is 13.1. The van der Waals surface area contributed by atoms with Gasteiger partial charge in [-0.25, -0.2) is 8.78 Å². The lowest BCUT2D eigenvalue weighted by Gasteiger charge is -2.08. The van der Waals surface area contributed by atoms with Crippen LogP contribution in [0.5, 0.6) is 0 Å². The number of unbranched alkanes of at least 4 members (excludes halogenated alkanes) is 1. The summed E-state index contributed by atoms with van der Waals surface area (Å²) in [6.45, 7) is 5.78. The van der Waals surface area contributed by atoms with Crippen molar-refractivity contribution >= 4 is 0 Å². The Labute approximate surface area is 94.8 Å². The Balaban J connectivity index is 2.79. The zero-order chi connectivity index (χ0) is 12.0. The highest BCUT2D eigenvalue weighted by atomic mass is 19.3. The van der Waals surface area contributed by atoms with Crippen LogP contribution in [-0.4, -0.2) is 16.3 Å². The molecular formula is C11H19F2N3. The normalized spacial score (nSPS) is 11.3. The van der Waals surface area contributed by atoms with Crippen LogP contribution in [0.3, 0.4) is 0 Å². The highest BCUT2D eigenvalue weighted by Gasteiger charge is 2.19. The van der Waals surface area contributed by atoms with Crippen LogP contribution in [0, 0.1) is 0 Å². The van der Waals surface area contributed by atoms with Gasteiger partial charge in [-0.15, -0.1) is 0 Å². The molecule has 92 valence electrons. The molecule has 1 heterocycles. The van der Waals surface area contributed by atoms with Gasteiger partial charge in [0.05, 0.1) is 6.20 Å². The Kier molecular flexibility index (Phi) is 5.38. The van der Waals surface area contributed by atoms with Gasteiger partial charge >= 0.3 is 0 Å². The minimum atomic E-state index is -2.45. The van der Waals surface area contributed by atoms with Crippen LogP contribution in [0.2, 0.25) is 0 Å². The smallest absolute Gasteiger partial charge is 0.280 e. The molecule has 5 heteroatoms. The molecular weight excluding hydrogens is 212 g/mol. The van der Waals surface area contributed by atoms with Gasteiger partial charge in [-0.3, -0.25) is 4.68 Å². The fourth-order valence-corrected chi connectivity index (χ4v) is 1.57. The average Bonchev–Trinajstić information content (AvgIpc) is 2.66. The van der Waals surface area contributed by atoms with E-state index in [2.05, 4.69) is 10.4 Å². The maximum Gasteiger partial charge on any atom is 0.280 e. The summed E-state index contributed by atoms with van der Waals surface area (Å²) in [6, 6.07) is 0. The summed E-state index contributed by atoms with van der Waals surface area (Å²) < 4.78 is 27.2. The summed E-state index contributed by atoms with van der Waals surface area (Å²) in [5, 5.41) is 7.07. The number of halogens is 2. The summed E-state index contributed by atoms with van der Waals surface area (Å²) in [4.78, 5) is 0. The van der Waals surface area contributed by atoms with Gasteiger partial charge in [0.1, 0.15) is 5.69 Å². The van der Waals surface area contributed by atoms with Crippen molar-refractivity contribution in [3.8, 4) is 0 Å². The van der Waals surface area contributed by atoms with Gasteiger partial charge in [-0.2, -0.15) is 5.10 Å². The molecule has 3 nitrogen and oxygen atoms in total. The van der Waals surface area contributed by atoms with Crippen molar-refractivity contribution in [3.05, 3.63) is 17.5 Å².